The van der Waals surface area contributed by atoms with Gasteiger partial charge in [0, 0.05) is 0 Å². The second-order valence-corrected chi connectivity index (χ2v) is 1.90. The van der Waals surface area contributed by atoms with Crippen LogP contribution in [0.25, 0.3) is 0 Å². The van der Waals surface area contributed by atoms with Gasteiger partial charge in [-0.2, -0.15) is 0 Å². The average molecular weight is 106 g/mol. The molecule has 0 unspecified atom stereocenters. The van der Waals surface area contributed by atoms with Gasteiger partial charge in [-0.25, -0.2) is 0 Å². The molecule has 0 aromatic carbocycles. The van der Waals surface area contributed by atoms with E-state index in [1.54, 1.807) is 0 Å². The maximum atomic E-state index is 3.17. The molecule has 0 amide bonds. The van der Waals surface area contributed by atoms with Crippen molar-refractivity contribution in [2.45, 2.75) is 19.8 Å². The van der Waals surface area contributed by atoms with Crippen molar-refractivity contribution in [1.29, 1.82) is 0 Å². The maximum absolute atomic E-state index is 3.17. The predicted molar refractivity (Wildman–Crippen MR) is 35.6 cm³/mol. The fraction of sp³-hybridized carbons (Fsp3) is 0.375. The highest BCUT2D eigenvalue weighted by Crippen LogP contribution is 2.07. The monoisotopic (exact) mass is 106 g/mol. The number of hydrogen-bond acceptors (Lipinski definition) is 0. The smallest absolute Gasteiger partial charge is 0.00593 e. The average Bonchev–Trinajstić information content (AvgIpc) is 1.90. The minimum atomic E-state index is 1.10. The Morgan fingerprint density at radius 2 is 2.62 bits per heavy atom. The highest BCUT2D eigenvalue weighted by molar-refractivity contribution is 5.17. The van der Waals surface area contributed by atoms with Gasteiger partial charge in [0.2, 0.25) is 0 Å². The van der Waals surface area contributed by atoms with E-state index in [1.807, 2.05) is 12.2 Å². The summed E-state index contributed by atoms with van der Waals surface area (Å²) in [4.78, 5) is 0. The first-order valence-corrected chi connectivity index (χ1v) is 3.03. The van der Waals surface area contributed by atoms with Crippen LogP contribution in [0.2, 0.25) is 0 Å². The van der Waals surface area contributed by atoms with Gasteiger partial charge in [0.05, 0.1) is 0 Å². The van der Waals surface area contributed by atoms with Crippen molar-refractivity contribution in [3.8, 4) is 0 Å². The van der Waals surface area contributed by atoms with Gasteiger partial charge in [-0.3, -0.25) is 0 Å². The van der Waals surface area contributed by atoms with Gasteiger partial charge < -0.3 is 0 Å². The van der Waals surface area contributed by atoms with Crippen LogP contribution in [0, 0.1) is 0 Å². The van der Waals surface area contributed by atoms with Crippen LogP contribution in [0.4, 0.5) is 0 Å². The summed E-state index contributed by atoms with van der Waals surface area (Å²) in [5.41, 5.74) is 4.58. The van der Waals surface area contributed by atoms with Crippen molar-refractivity contribution in [2.24, 2.45) is 0 Å². The predicted octanol–water partition coefficient (Wildman–Crippen LogP) is 2.44. The van der Waals surface area contributed by atoms with E-state index in [9.17, 15) is 0 Å². The van der Waals surface area contributed by atoms with E-state index in [4.69, 9.17) is 0 Å². The highest BCUT2D eigenvalue weighted by atomic mass is 13.9. The molecule has 1 aliphatic carbocycles. The minimum absolute atomic E-state index is 1.10. The Kier molecular flexibility index (Phi) is 1.71. The van der Waals surface area contributed by atoms with Crippen LogP contribution < -0.4 is 0 Å². The lowest BCUT2D eigenvalue weighted by molar-refractivity contribution is 1.03. The van der Waals surface area contributed by atoms with Crippen LogP contribution in [0.1, 0.15) is 19.8 Å². The zero-order chi connectivity index (χ0) is 5.82. The van der Waals surface area contributed by atoms with Crippen molar-refractivity contribution in [1.82, 2.24) is 0 Å². The molecule has 42 valence electrons. The van der Waals surface area contributed by atoms with E-state index in [-0.39, 0.29) is 0 Å². The van der Waals surface area contributed by atoms with Gasteiger partial charge in [0.1, 0.15) is 0 Å². The highest BCUT2D eigenvalue weighted by Gasteiger charge is 1.88. The Morgan fingerprint density at radius 1 is 1.75 bits per heavy atom. The van der Waals surface area contributed by atoms with Crippen LogP contribution in [-0.2, 0) is 0 Å². The van der Waals surface area contributed by atoms with Crippen molar-refractivity contribution >= 4 is 0 Å². The van der Waals surface area contributed by atoms with Gasteiger partial charge in [0.15, 0.2) is 0 Å². The summed E-state index contributed by atoms with van der Waals surface area (Å²) in [5, 5.41) is 0. The summed E-state index contributed by atoms with van der Waals surface area (Å²) in [6.07, 6.45) is 8.42. The SMILES string of the molecule is CCC1=C=CC=CC1. The molecule has 0 aromatic rings. The van der Waals surface area contributed by atoms with Crippen molar-refractivity contribution < 1.29 is 0 Å². The molecule has 8 heavy (non-hydrogen) atoms. The Morgan fingerprint density at radius 3 is 3.00 bits per heavy atom. The molecule has 0 N–H and O–H groups in total. The summed E-state index contributed by atoms with van der Waals surface area (Å²) in [5.74, 6) is 0. The van der Waals surface area contributed by atoms with E-state index < -0.39 is 0 Å². The quantitative estimate of drug-likeness (QED) is 0.450. The molecular weight excluding hydrogens is 96.1 g/mol. The third-order valence-electron chi connectivity index (χ3n) is 1.31. The number of allylic oxidation sites excluding steroid dienone is 3. The zero-order valence-corrected chi connectivity index (χ0v) is 5.15. The number of hydrogen-bond donors (Lipinski definition) is 0. The Bertz CT molecular complexity index is 155. The molecule has 0 radical (unpaired) electrons. The van der Waals surface area contributed by atoms with Crippen molar-refractivity contribution in [3.05, 3.63) is 29.5 Å². The van der Waals surface area contributed by atoms with Crippen LogP contribution in [-0.4, -0.2) is 0 Å². The summed E-state index contributed by atoms with van der Waals surface area (Å²) < 4.78 is 0. The molecule has 0 saturated carbocycles. The lowest BCUT2D eigenvalue weighted by atomic mass is 10.1. The second kappa shape index (κ2) is 2.54. The summed E-state index contributed by atoms with van der Waals surface area (Å²) >= 11 is 0. The lowest BCUT2D eigenvalue weighted by Crippen LogP contribution is -1.77. The van der Waals surface area contributed by atoms with Crippen LogP contribution in [0.15, 0.2) is 29.5 Å². The molecule has 0 saturated heterocycles. The normalized spacial score (nSPS) is 16.4. The molecule has 0 heteroatoms. The molecule has 0 aliphatic heterocycles. The largest absolute Gasteiger partial charge is 0.121 e. The first-order chi connectivity index (χ1) is 3.93. The second-order valence-electron chi connectivity index (χ2n) is 1.90. The molecular formula is C8H10. The molecule has 0 fully saturated rings. The van der Waals surface area contributed by atoms with E-state index in [0.29, 0.717) is 0 Å². The molecule has 0 heterocycles. The molecule has 0 bridgehead atoms. The lowest BCUT2D eigenvalue weighted by Gasteiger charge is -1.96. The van der Waals surface area contributed by atoms with Gasteiger partial charge in [-0.1, -0.05) is 19.1 Å². The Hall–Kier alpha value is -0.740. The molecule has 0 aromatic heterocycles. The fourth-order valence-corrected chi connectivity index (χ4v) is 0.750. The summed E-state index contributed by atoms with van der Waals surface area (Å²) in [7, 11) is 0. The summed E-state index contributed by atoms with van der Waals surface area (Å²) in [6.45, 7) is 2.16. The van der Waals surface area contributed by atoms with Gasteiger partial charge in [0.25, 0.3) is 0 Å². The topological polar surface area (TPSA) is 0 Å². The summed E-state index contributed by atoms with van der Waals surface area (Å²) in [6, 6.07) is 0. The molecule has 0 spiro atoms. The van der Waals surface area contributed by atoms with E-state index in [0.717, 1.165) is 12.8 Å². The minimum Gasteiger partial charge on any atom is -0.121 e. The Labute approximate surface area is 50.2 Å². The first kappa shape index (κ1) is 5.40. The van der Waals surface area contributed by atoms with Crippen LogP contribution >= 0.6 is 0 Å². The zero-order valence-electron chi connectivity index (χ0n) is 5.15. The molecule has 0 atom stereocenters. The number of rotatable bonds is 1. The van der Waals surface area contributed by atoms with Gasteiger partial charge in [-0.05, 0) is 24.5 Å². The maximum Gasteiger partial charge on any atom is -0.00593 e. The van der Waals surface area contributed by atoms with Crippen LogP contribution in [0.5, 0.6) is 0 Å². The Balaban J connectivity index is 2.69. The third-order valence-corrected chi connectivity index (χ3v) is 1.31. The van der Waals surface area contributed by atoms with Crippen molar-refractivity contribution in [3.63, 3.8) is 0 Å². The van der Waals surface area contributed by atoms with E-state index >= 15 is 0 Å². The van der Waals surface area contributed by atoms with Gasteiger partial charge >= 0.3 is 0 Å². The van der Waals surface area contributed by atoms with Crippen molar-refractivity contribution in [2.75, 3.05) is 0 Å². The fourth-order valence-electron chi connectivity index (χ4n) is 0.750. The van der Waals surface area contributed by atoms with Crippen LogP contribution in [0.3, 0.4) is 0 Å². The molecule has 0 nitrogen and oxygen atoms in total. The van der Waals surface area contributed by atoms with Gasteiger partial charge in [-0.15, -0.1) is 5.73 Å². The van der Waals surface area contributed by atoms with E-state index in [2.05, 4.69) is 18.7 Å². The standard InChI is InChI=1S/C8H10/c1-2-8-6-4-3-5-7-8/h3-5H,2,6H2,1H3. The molecule has 1 aliphatic rings. The third kappa shape index (κ3) is 1.11. The first-order valence-electron chi connectivity index (χ1n) is 3.03. The molecule has 1 rings (SSSR count). The van der Waals surface area contributed by atoms with E-state index in [1.165, 1.54) is 5.57 Å².